The molecule has 162 valence electrons. The minimum atomic E-state index is -0.0526. The molecule has 1 heterocycles. The molecule has 2 aromatic rings. The summed E-state index contributed by atoms with van der Waals surface area (Å²) >= 11 is 18.8. The number of benzene rings is 2. The monoisotopic (exact) mass is 582 g/mol. The number of carbonyl (C=O) groups is 1. The van der Waals surface area contributed by atoms with Gasteiger partial charge in [0.25, 0.3) is 5.91 Å². The molecule has 2 fully saturated rings. The highest BCUT2D eigenvalue weighted by molar-refractivity contribution is 9.11. The number of ether oxygens (including phenoxy) is 1. The van der Waals surface area contributed by atoms with Crippen LogP contribution in [-0.4, -0.2) is 22.0 Å². The predicted octanol–water partition coefficient (Wildman–Crippen LogP) is 6.83. The summed E-state index contributed by atoms with van der Waals surface area (Å²) in [5, 5.41) is 4.27. The van der Waals surface area contributed by atoms with Crippen LogP contribution < -0.4 is 10.1 Å². The number of nitrogens with one attached hydrogen (secondary N) is 1. The average Bonchev–Trinajstić information content (AvgIpc) is 3.02. The van der Waals surface area contributed by atoms with Gasteiger partial charge >= 0.3 is 0 Å². The van der Waals surface area contributed by atoms with Crippen molar-refractivity contribution < 1.29 is 9.53 Å². The molecule has 0 unspecified atom stereocenters. The normalized spacial score (nSPS) is 18.5. The van der Waals surface area contributed by atoms with Crippen molar-refractivity contribution in [1.82, 2.24) is 10.2 Å². The Morgan fingerprint density at radius 3 is 2.52 bits per heavy atom. The molecule has 4 rings (SSSR count). The quantitative estimate of drug-likeness (QED) is 0.309. The van der Waals surface area contributed by atoms with Crippen molar-refractivity contribution in [2.24, 2.45) is 0 Å². The molecule has 1 N–H and O–H groups in total. The van der Waals surface area contributed by atoms with Crippen molar-refractivity contribution in [1.29, 1.82) is 0 Å². The molecule has 2 aromatic carbocycles. The van der Waals surface area contributed by atoms with E-state index in [1.54, 1.807) is 4.90 Å². The zero-order valence-corrected chi connectivity index (χ0v) is 21.4. The summed E-state index contributed by atoms with van der Waals surface area (Å²) < 4.78 is 7.54. The highest BCUT2D eigenvalue weighted by Crippen LogP contribution is 2.36. The second kappa shape index (κ2) is 10.0. The van der Waals surface area contributed by atoms with Crippen LogP contribution in [0.4, 0.5) is 0 Å². The van der Waals surface area contributed by atoms with Crippen LogP contribution in [0.15, 0.2) is 51.0 Å². The Morgan fingerprint density at radius 1 is 1.16 bits per heavy atom. The molecule has 0 atom stereocenters. The fraction of sp³-hybridized carbons (Fsp3) is 0.304. The molecule has 2 aliphatic rings. The summed E-state index contributed by atoms with van der Waals surface area (Å²) in [6, 6.07) is 11.6. The SMILES string of the molecule is O=C1/C(=C/c2cc(Br)c(OCc3ccccc3Cl)c(Br)c2)NC(=S)N1C1CCCCC1. The van der Waals surface area contributed by atoms with Crippen LogP contribution in [0.3, 0.4) is 0 Å². The Kier molecular flexibility index (Phi) is 7.37. The van der Waals surface area contributed by atoms with Crippen LogP contribution in [-0.2, 0) is 11.4 Å². The Labute approximate surface area is 209 Å². The van der Waals surface area contributed by atoms with Gasteiger partial charge in [-0.1, -0.05) is 49.1 Å². The van der Waals surface area contributed by atoms with E-state index in [4.69, 9.17) is 28.6 Å². The third kappa shape index (κ3) is 5.16. The van der Waals surface area contributed by atoms with E-state index in [1.165, 1.54) is 6.42 Å². The number of nitrogens with zero attached hydrogens (tertiary/aromatic N) is 1. The molecular formula is C23H21Br2ClN2O2S. The first kappa shape index (κ1) is 22.8. The Morgan fingerprint density at radius 2 is 1.84 bits per heavy atom. The summed E-state index contributed by atoms with van der Waals surface area (Å²) in [7, 11) is 0. The first-order chi connectivity index (χ1) is 14.9. The van der Waals surface area contributed by atoms with Crippen molar-refractivity contribution in [3.63, 3.8) is 0 Å². The van der Waals surface area contributed by atoms with Gasteiger partial charge in [-0.3, -0.25) is 9.69 Å². The highest BCUT2D eigenvalue weighted by atomic mass is 79.9. The van der Waals surface area contributed by atoms with Gasteiger partial charge in [-0.2, -0.15) is 0 Å². The number of rotatable bonds is 5. The lowest BCUT2D eigenvalue weighted by molar-refractivity contribution is -0.124. The second-order valence-corrected chi connectivity index (χ2v) is 10.2. The first-order valence-corrected chi connectivity index (χ1v) is 12.5. The van der Waals surface area contributed by atoms with Crippen LogP contribution >= 0.6 is 55.7 Å². The summed E-state index contributed by atoms with van der Waals surface area (Å²) in [6.07, 6.45) is 7.36. The summed E-state index contributed by atoms with van der Waals surface area (Å²) in [5.41, 5.74) is 2.26. The van der Waals surface area contributed by atoms with E-state index in [0.717, 1.165) is 45.8 Å². The van der Waals surface area contributed by atoms with E-state index in [0.29, 0.717) is 28.2 Å². The number of hydrogen-bond acceptors (Lipinski definition) is 3. The Balaban J connectivity index is 1.51. The Hall–Kier alpha value is -1.41. The van der Waals surface area contributed by atoms with Gasteiger partial charge in [0.15, 0.2) is 5.11 Å². The summed E-state index contributed by atoms with van der Waals surface area (Å²) in [6.45, 7) is 0.349. The van der Waals surface area contributed by atoms with Crippen molar-refractivity contribution in [2.75, 3.05) is 0 Å². The smallest absolute Gasteiger partial charge is 0.276 e. The minimum Gasteiger partial charge on any atom is -0.486 e. The first-order valence-electron chi connectivity index (χ1n) is 10.2. The lowest BCUT2D eigenvalue weighted by Gasteiger charge is -2.29. The van der Waals surface area contributed by atoms with Gasteiger partial charge < -0.3 is 10.1 Å². The van der Waals surface area contributed by atoms with Crippen LogP contribution in [0, 0.1) is 0 Å². The molecule has 1 saturated heterocycles. The maximum Gasteiger partial charge on any atom is 0.276 e. The number of amides is 1. The van der Waals surface area contributed by atoms with Crippen LogP contribution in [0.1, 0.15) is 43.2 Å². The molecule has 0 spiro atoms. The summed E-state index contributed by atoms with van der Waals surface area (Å²) in [5.74, 6) is 0.621. The summed E-state index contributed by atoms with van der Waals surface area (Å²) in [4.78, 5) is 14.8. The lowest BCUT2D eigenvalue weighted by atomic mass is 9.94. The van der Waals surface area contributed by atoms with Crippen molar-refractivity contribution in [2.45, 2.75) is 44.8 Å². The third-order valence-electron chi connectivity index (χ3n) is 5.51. The van der Waals surface area contributed by atoms with Crippen molar-refractivity contribution in [3.8, 4) is 5.75 Å². The molecule has 1 aliphatic carbocycles. The maximum absolute atomic E-state index is 13.0. The van der Waals surface area contributed by atoms with Gasteiger partial charge in [-0.05, 0) is 86.8 Å². The molecule has 0 aromatic heterocycles. The number of carbonyl (C=O) groups excluding carboxylic acids is 1. The minimum absolute atomic E-state index is 0.0526. The van der Waals surface area contributed by atoms with E-state index >= 15 is 0 Å². The van der Waals surface area contributed by atoms with Crippen LogP contribution in [0.25, 0.3) is 6.08 Å². The number of halogens is 3. The molecular weight excluding hydrogens is 564 g/mol. The van der Waals surface area contributed by atoms with E-state index in [-0.39, 0.29) is 11.9 Å². The highest BCUT2D eigenvalue weighted by Gasteiger charge is 2.36. The Bertz CT molecular complexity index is 1030. The van der Waals surface area contributed by atoms with Gasteiger partial charge in [0.1, 0.15) is 18.1 Å². The molecule has 1 amide bonds. The standard InChI is InChI=1S/C23H21Br2ClN2O2S/c24-17-10-14(11-18(25)21(17)30-13-15-6-4-5-9-19(15)26)12-20-22(29)28(23(31)27-20)16-7-2-1-3-8-16/h4-6,9-12,16H,1-3,7-8,13H2,(H,27,31)/b20-12-. The van der Waals surface area contributed by atoms with Crippen LogP contribution in [0.2, 0.25) is 5.02 Å². The van der Waals surface area contributed by atoms with Crippen molar-refractivity contribution >= 4 is 72.8 Å². The molecule has 1 saturated carbocycles. The number of hydrogen-bond donors (Lipinski definition) is 1. The number of thiocarbonyl (C=S) groups is 1. The van der Waals surface area contributed by atoms with Gasteiger partial charge in [-0.25, -0.2) is 0 Å². The van der Waals surface area contributed by atoms with Gasteiger partial charge in [-0.15, -0.1) is 0 Å². The largest absolute Gasteiger partial charge is 0.486 e. The van der Waals surface area contributed by atoms with E-state index in [2.05, 4.69) is 37.2 Å². The lowest BCUT2D eigenvalue weighted by Crippen LogP contribution is -2.41. The van der Waals surface area contributed by atoms with E-state index < -0.39 is 0 Å². The van der Waals surface area contributed by atoms with Gasteiger partial charge in [0, 0.05) is 16.6 Å². The van der Waals surface area contributed by atoms with Crippen molar-refractivity contribution in [3.05, 3.63) is 67.2 Å². The second-order valence-electron chi connectivity index (χ2n) is 7.65. The van der Waals surface area contributed by atoms with Gasteiger partial charge in [0.05, 0.1) is 8.95 Å². The topological polar surface area (TPSA) is 41.6 Å². The molecule has 8 heteroatoms. The van der Waals surface area contributed by atoms with Gasteiger partial charge in [0.2, 0.25) is 0 Å². The molecule has 0 radical (unpaired) electrons. The fourth-order valence-electron chi connectivity index (χ4n) is 3.95. The zero-order valence-electron chi connectivity index (χ0n) is 16.7. The maximum atomic E-state index is 13.0. The van der Waals surface area contributed by atoms with Crippen LogP contribution in [0.5, 0.6) is 5.75 Å². The third-order valence-corrected chi connectivity index (χ3v) is 7.36. The van der Waals surface area contributed by atoms with E-state index in [9.17, 15) is 4.79 Å². The fourth-order valence-corrected chi connectivity index (χ4v) is 5.94. The molecule has 1 aliphatic heterocycles. The average molecular weight is 585 g/mol. The molecule has 4 nitrogen and oxygen atoms in total. The molecule has 0 bridgehead atoms. The zero-order chi connectivity index (χ0) is 22.0. The predicted molar refractivity (Wildman–Crippen MR) is 135 cm³/mol. The molecule has 31 heavy (non-hydrogen) atoms. The van der Waals surface area contributed by atoms with E-state index in [1.807, 2.05) is 42.5 Å².